The maximum absolute atomic E-state index is 12.3. The molecule has 98 valence electrons. The molecule has 1 aromatic heterocycles. The molecule has 6 heteroatoms. The number of amides is 1. The van der Waals surface area contributed by atoms with Crippen molar-refractivity contribution < 1.29 is 19.4 Å². The number of carbonyl (C=O) groups excluding carboxylic acids is 1. The Labute approximate surface area is 109 Å². The van der Waals surface area contributed by atoms with Crippen molar-refractivity contribution in [2.24, 2.45) is 5.92 Å². The Balaban J connectivity index is 2.26. The summed E-state index contributed by atoms with van der Waals surface area (Å²) in [6.07, 6.45) is 0.719. The van der Waals surface area contributed by atoms with Crippen molar-refractivity contribution in [3.8, 4) is 5.75 Å². The number of carboxylic acids is 1. The third-order valence-corrected chi connectivity index (χ3v) is 4.14. The number of hydrogen-bond donors (Lipinski definition) is 1. The lowest BCUT2D eigenvalue weighted by Gasteiger charge is -2.23. The van der Waals surface area contributed by atoms with E-state index in [1.165, 1.54) is 23.3 Å². The Hall–Kier alpha value is -1.56. The van der Waals surface area contributed by atoms with Crippen LogP contribution in [0.1, 0.15) is 23.0 Å². The van der Waals surface area contributed by atoms with E-state index >= 15 is 0 Å². The summed E-state index contributed by atoms with van der Waals surface area (Å²) in [5.74, 6) is -0.700. The predicted molar refractivity (Wildman–Crippen MR) is 67.1 cm³/mol. The largest absolute Gasteiger partial charge is 0.495 e. The molecule has 1 aliphatic heterocycles. The van der Waals surface area contributed by atoms with Gasteiger partial charge in [-0.1, -0.05) is 6.92 Å². The fraction of sp³-hybridized carbons (Fsp3) is 0.500. The number of thiophene rings is 1. The second-order valence-electron chi connectivity index (χ2n) is 4.37. The van der Waals surface area contributed by atoms with Crippen LogP contribution in [0.5, 0.6) is 5.75 Å². The molecule has 5 nitrogen and oxygen atoms in total. The SMILES string of the molecule is COc1ccsc1C(=O)N1CCC(C)C1C(=O)O. The van der Waals surface area contributed by atoms with Gasteiger partial charge in [-0.3, -0.25) is 4.79 Å². The summed E-state index contributed by atoms with van der Waals surface area (Å²) < 4.78 is 5.10. The third-order valence-electron chi connectivity index (χ3n) is 3.26. The molecule has 0 saturated carbocycles. The van der Waals surface area contributed by atoms with Gasteiger partial charge in [0.15, 0.2) is 0 Å². The lowest BCUT2D eigenvalue weighted by Crippen LogP contribution is -2.42. The quantitative estimate of drug-likeness (QED) is 0.906. The van der Waals surface area contributed by atoms with Crippen LogP contribution in [0.2, 0.25) is 0 Å². The topological polar surface area (TPSA) is 66.8 Å². The van der Waals surface area contributed by atoms with Crippen LogP contribution < -0.4 is 4.74 Å². The van der Waals surface area contributed by atoms with E-state index in [-0.39, 0.29) is 11.8 Å². The zero-order valence-electron chi connectivity index (χ0n) is 10.3. The van der Waals surface area contributed by atoms with Gasteiger partial charge in [0.1, 0.15) is 16.7 Å². The standard InChI is InChI=1S/C12H15NO4S/c1-7-3-5-13(9(7)12(15)16)11(14)10-8(17-2)4-6-18-10/h4,6-7,9H,3,5H2,1-2H3,(H,15,16). The van der Waals surface area contributed by atoms with E-state index < -0.39 is 12.0 Å². The molecular weight excluding hydrogens is 254 g/mol. The number of carboxylic acid groups (broad SMARTS) is 1. The Morgan fingerprint density at radius 1 is 1.56 bits per heavy atom. The molecule has 1 saturated heterocycles. The minimum absolute atomic E-state index is 0.0163. The molecule has 0 spiro atoms. The van der Waals surface area contributed by atoms with Crippen LogP contribution in [-0.2, 0) is 4.79 Å². The number of likely N-dealkylation sites (tertiary alicyclic amines) is 1. The zero-order chi connectivity index (χ0) is 13.3. The fourth-order valence-corrected chi connectivity index (χ4v) is 3.11. The lowest BCUT2D eigenvalue weighted by molar-refractivity contribution is -0.142. The second kappa shape index (κ2) is 4.97. The monoisotopic (exact) mass is 269 g/mol. The first-order chi connectivity index (χ1) is 8.56. The fourth-order valence-electron chi connectivity index (χ4n) is 2.30. The highest BCUT2D eigenvalue weighted by atomic mass is 32.1. The molecular formula is C12H15NO4S. The van der Waals surface area contributed by atoms with Gasteiger partial charge in [-0.05, 0) is 23.8 Å². The Bertz CT molecular complexity index is 470. The minimum Gasteiger partial charge on any atom is -0.495 e. The summed E-state index contributed by atoms with van der Waals surface area (Å²) in [5.41, 5.74) is 0. The van der Waals surface area contributed by atoms with Crippen molar-refractivity contribution in [1.82, 2.24) is 4.90 Å². The van der Waals surface area contributed by atoms with E-state index in [1.807, 2.05) is 6.92 Å². The zero-order valence-corrected chi connectivity index (χ0v) is 11.1. The number of hydrogen-bond acceptors (Lipinski definition) is 4. The first-order valence-corrected chi connectivity index (χ1v) is 6.59. The number of ether oxygens (including phenoxy) is 1. The van der Waals surface area contributed by atoms with Crippen molar-refractivity contribution in [2.75, 3.05) is 13.7 Å². The summed E-state index contributed by atoms with van der Waals surface area (Å²) in [4.78, 5) is 25.5. The van der Waals surface area contributed by atoms with Gasteiger partial charge in [-0.15, -0.1) is 11.3 Å². The third kappa shape index (κ3) is 2.08. The predicted octanol–water partition coefficient (Wildman–Crippen LogP) is 1.69. The van der Waals surface area contributed by atoms with Crippen LogP contribution in [-0.4, -0.2) is 41.6 Å². The lowest BCUT2D eigenvalue weighted by atomic mass is 10.0. The molecule has 2 atom stereocenters. The molecule has 1 amide bonds. The van der Waals surface area contributed by atoms with Crippen molar-refractivity contribution in [2.45, 2.75) is 19.4 Å². The van der Waals surface area contributed by atoms with Gasteiger partial charge in [-0.2, -0.15) is 0 Å². The van der Waals surface area contributed by atoms with Crippen LogP contribution >= 0.6 is 11.3 Å². The van der Waals surface area contributed by atoms with Crippen molar-refractivity contribution in [3.63, 3.8) is 0 Å². The molecule has 2 unspecified atom stereocenters. The highest BCUT2D eigenvalue weighted by Gasteiger charge is 2.40. The van der Waals surface area contributed by atoms with E-state index in [4.69, 9.17) is 4.74 Å². The molecule has 2 rings (SSSR count). The summed E-state index contributed by atoms with van der Waals surface area (Å²) in [6, 6.07) is 0.983. The van der Waals surface area contributed by atoms with Gasteiger partial charge >= 0.3 is 5.97 Å². The van der Waals surface area contributed by atoms with Gasteiger partial charge in [0.2, 0.25) is 0 Å². The molecule has 18 heavy (non-hydrogen) atoms. The molecule has 1 aliphatic rings. The van der Waals surface area contributed by atoms with Crippen molar-refractivity contribution in [3.05, 3.63) is 16.3 Å². The highest BCUT2D eigenvalue weighted by Crippen LogP contribution is 2.31. The minimum atomic E-state index is -0.941. The van der Waals surface area contributed by atoms with Crippen LogP contribution in [0, 0.1) is 5.92 Å². The first kappa shape index (κ1) is 12.9. The van der Waals surface area contributed by atoms with Crippen molar-refractivity contribution >= 4 is 23.2 Å². The molecule has 0 radical (unpaired) electrons. The van der Waals surface area contributed by atoms with Crippen LogP contribution in [0.4, 0.5) is 0 Å². The molecule has 1 fully saturated rings. The molecule has 2 heterocycles. The van der Waals surface area contributed by atoms with Gasteiger partial charge in [0.05, 0.1) is 7.11 Å². The summed E-state index contributed by atoms with van der Waals surface area (Å²) >= 11 is 1.27. The van der Waals surface area contributed by atoms with Gasteiger partial charge < -0.3 is 14.7 Å². The molecule has 0 bridgehead atoms. The van der Waals surface area contributed by atoms with Crippen LogP contribution in [0.25, 0.3) is 0 Å². The van der Waals surface area contributed by atoms with Crippen LogP contribution in [0.15, 0.2) is 11.4 Å². The number of nitrogens with zero attached hydrogens (tertiary/aromatic N) is 1. The van der Waals surface area contributed by atoms with E-state index in [1.54, 1.807) is 11.4 Å². The summed E-state index contributed by atoms with van der Waals surface area (Å²) in [5, 5.41) is 11.0. The number of aliphatic carboxylic acids is 1. The van der Waals surface area contributed by atoms with E-state index in [0.29, 0.717) is 17.2 Å². The van der Waals surface area contributed by atoms with Gasteiger partial charge in [0.25, 0.3) is 5.91 Å². The smallest absolute Gasteiger partial charge is 0.326 e. The maximum atomic E-state index is 12.3. The van der Waals surface area contributed by atoms with Gasteiger partial charge in [-0.25, -0.2) is 4.79 Å². The highest BCUT2D eigenvalue weighted by molar-refractivity contribution is 7.12. The molecule has 0 aromatic carbocycles. The van der Waals surface area contributed by atoms with E-state index in [9.17, 15) is 14.7 Å². The maximum Gasteiger partial charge on any atom is 0.326 e. The Morgan fingerprint density at radius 3 is 2.89 bits per heavy atom. The molecule has 1 aromatic rings. The van der Waals surface area contributed by atoms with E-state index in [0.717, 1.165) is 6.42 Å². The van der Waals surface area contributed by atoms with Gasteiger partial charge in [0, 0.05) is 6.54 Å². The summed E-state index contributed by atoms with van der Waals surface area (Å²) in [7, 11) is 1.50. The Kier molecular flexibility index (Phi) is 3.56. The molecule has 0 aliphatic carbocycles. The molecule has 1 N–H and O–H groups in total. The Morgan fingerprint density at radius 2 is 2.28 bits per heavy atom. The van der Waals surface area contributed by atoms with Crippen LogP contribution in [0.3, 0.4) is 0 Å². The number of rotatable bonds is 3. The number of methoxy groups -OCH3 is 1. The van der Waals surface area contributed by atoms with E-state index in [2.05, 4.69) is 0 Å². The first-order valence-electron chi connectivity index (χ1n) is 5.71. The number of carbonyl (C=O) groups is 2. The average Bonchev–Trinajstić information content (AvgIpc) is 2.93. The van der Waals surface area contributed by atoms with Crippen molar-refractivity contribution in [1.29, 1.82) is 0 Å². The average molecular weight is 269 g/mol. The second-order valence-corrected chi connectivity index (χ2v) is 5.28. The normalized spacial score (nSPS) is 23.1. The summed E-state index contributed by atoms with van der Waals surface area (Å²) in [6.45, 7) is 2.34.